The Kier molecular flexibility index (Phi) is 4.04. The molecule has 1 atom stereocenters. The summed E-state index contributed by atoms with van der Waals surface area (Å²) in [6.45, 7) is 4.95. The fourth-order valence-corrected chi connectivity index (χ4v) is 2.20. The summed E-state index contributed by atoms with van der Waals surface area (Å²) in [4.78, 5) is 12.7. The summed E-state index contributed by atoms with van der Waals surface area (Å²) in [6.07, 6.45) is 2.61. The highest BCUT2D eigenvalue weighted by Gasteiger charge is 2.28. The second kappa shape index (κ2) is 5.57. The number of nitrogens with one attached hydrogen (secondary N) is 1. The molecule has 1 aromatic carbocycles. The summed E-state index contributed by atoms with van der Waals surface area (Å²) in [6, 6.07) is 6.15. The van der Waals surface area contributed by atoms with Crippen molar-refractivity contribution in [2.75, 3.05) is 18.9 Å². The van der Waals surface area contributed by atoms with Crippen LogP contribution in [0.2, 0.25) is 0 Å². The fraction of sp³-hybridized carbons (Fsp3) is 0.571. The predicted molar refractivity (Wildman–Crippen MR) is 76.6 cm³/mol. The zero-order valence-corrected chi connectivity index (χ0v) is 11.7. The molecule has 5 heteroatoms. The van der Waals surface area contributed by atoms with Crippen molar-refractivity contribution in [3.8, 4) is 0 Å². The van der Waals surface area contributed by atoms with Gasteiger partial charge in [0.15, 0.2) is 0 Å². The molecule has 1 aliphatic rings. The highest BCUT2D eigenvalue weighted by atomic mass is 16.6. The van der Waals surface area contributed by atoms with Crippen LogP contribution in [-0.4, -0.2) is 35.5 Å². The SMILES string of the molecule is Cc1cc([N+](=O)[O-])ccc1NCC(C)N(C)C1CC1. The Balaban J connectivity index is 1.93. The van der Waals surface area contributed by atoms with E-state index in [-0.39, 0.29) is 10.6 Å². The van der Waals surface area contributed by atoms with Crippen LogP contribution in [0.15, 0.2) is 18.2 Å². The van der Waals surface area contributed by atoms with Crippen molar-refractivity contribution in [2.45, 2.75) is 38.8 Å². The Labute approximate surface area is 113 Å². The summed E-state index contributed by atoms with van der Waals surface area (Å²) in [5.41, 5.74) is 2.03. The van der Waals surface area contributed by atoms with E-state index in [2.05, 4.69) is 24.2 Å². The van der Waals surface area contributed by atoms with Gasteiger partial charge in [0.25, 0.3) is 5.69 Å². The number of anilines is 1. The van der Waals surface area contributed by atoms with Gasteiger partial charge in [-0.05, 0) is 45.4 Å². The number of hydrogen-bond donors (Lipinski definition) is 1. The molecule has 0 aliphatic heterocycles. The molecule has 0 spiro atoms. The van der Waals surface area contributed by atoms with Crippen LogP contribution in [0.5, 0.6) is 0 Å². The molecule has 1 unspecified atom stereocenters. The summed E-state index contributed by atoms with van der Waals surface area (Å²) in [5.74, 6) is 0. The molecule has 1 aliphatic carbocycles. The van der Waals surface area contributed by atoms with Crippen LogP contribution in [0.3, 0.4) is 0 Å². The van der Waals surface area contributed by atoms with Gasteiger partial charge in [0, 0.05) is 36.4 Å². The first-order chi connectivity index (χ1) is 8.99. The Morgan fingerprint density at radius 2 is 2.21 bits per heavy atom. The third-order valence-corrected chi connectivity index (χ3v) is 3.83. The quantitative estimate of drug-likeness (QED) is 0.633. The van der Waals surface area contributed by atoms with E-state index in [4.69, 9.17) is 0 Å². The highest BCUT2D eigenvalue weighted by molar-refractivity contribution is 5.55. The number of benzene rings is 1. The van der Waals surface area contributed by atoms with E-state index in [1.54, 1.807) is 18.2 Å². The first kappa shape index (κ1) is 13.8. The standard InChI is InChI=1S/C14H21N3O2/c1-10-8-13(17(18)19)6-7-14(10)15-9-11(2)16(3)12-4-5-12/h6-8,11-12,15H,4-5,9H2,1-3H3. The molecule has 2 rings (SSSR count). The molecule has 0 radical (unpaired) electrons. The topological polar surface area (TPSA) is 58.4 Å². The average molecular weight is 263 g/mol. The maximum Gasteiger partial charge on any atom is 0.269 e. The van der Waals surface area contributed by atoms with E-state index in [1.165, 1.54) is 12.8 Å². The summed E-state index contributed by atoms with van der Waals surface area (Å²) >= 11 is 0. The molecule has 104 valence electrons. The number of nitro benzene ring substituents is 1. The van der Waals surface area contributed by atoms with Gasteiger partial charge in [0.1, 0.15) is 0 Å². The molecule has 0 saturated heterocycles. The zero-order chi connectivity index (χ0) is 14.0. The minimum Gasteiger partial charge on any atom is -0.383 e. The molecular weight excluding hydrogens is 242 g/mol. The molecule has 19 heavy (non-hydrogen) atoms. The highest BCUT2D eigenvalue weighted by Crippen LogP contribution is 2.27. The fourth-order valence-electron chi connectivity index (χ4n) is 2.20. The molecule has 0 aromatic heterocycles. The van der Waals surface area contributed by atoms with E-state index in [1.807, 2.05) is 6.92 Å². The summed E-state index contributed by atoms with van der Waals surface area (Å²) in [5, 5.41) is 14.1. The van der Waals surface area contributed by atoms with Gasteiger partial charge >= 0.3 is 0 Å². The van der Waals surface area contributed by atoms with Gasteiger partial charge in [0.05, 0.1) is 4.92 Å². The van der Waals surface area contributed by atoms with Crippen molar-refractivity contribution in [3.63, 3.8) is 0 Å². The Morgan fingerprint density at radius 1 is 1.53 bits per heavy atom. The second-order valence-corrected chi connectivity index (χ2v) is 5.38. The van der Waals surface area contributed by atoms with Crippen molar-refractivity contribution < 1.29 is 4.92 Å². The monoisotopic (exact) mass is 263 g/mol. The number of nitro groups is 1. The van der Waals surface area contributed by atoms with Crippen LogP contribution < -0.4 is 5.32 Å². The number of likely N-dealkylation sites (N-methyl/N-ethyl adjacent to an activating group) is 1. The van der Waals surface area contributed by atoms with Gasteiger partial charge in [-0.2, -0.15) is 0 Å². The lowest BCUT2D eigenvalue weighted by atomic mass is 10.1. The number of hydrogen-bond acceptors (Lipinski definition) is 4. The van der Waals surface area contributed by atoms with Gasteiger partial charge in [-0.1, -0.05) is 0 Å². The lowest BCUT2D eigenvalue weighted by molar-refractivity contribution is -0.384. The Bertz CT molecular complexity index is 472. The van der Waals surface area contributed by atoms with Crippen LogP contribution in [0.25, 0.3) is 0 Å². The lowest BCUT2D eigenvalue weighted by Crippen LogP contribution is -2.36. The van der Waals surface area contributed by atoms with E-state index in [0.29, 0.717) is 6.04 Å². The van der Waals surface area contributed by atoms with Crippen molar-refractivity contribution in [3.05, 3.63) is 33.9 Å². The maximum absolute atomic E-state index is 10.7. The average Bonchev–Trinajstić information content (AvgIpc) is 3.20. The number of non-ortho nitro benzene ring substituents is 1. The molecule has 1 saturated carbocycles. The van der Waals surface area contributed by atoms with Gasteiger partial charge in [-0.3, -0.25) is 15.0 Å². The van der Waals surface area contributed by atoms with E-state index >= 15 is 0 Å². The molecular formula is C14H21N3O2. The molecule has 5 nitrogen and oxygen atoms in total. The minimum atomic E-state index is -0.361. The first-order valence-corrected chi connectivity index (χ1v) is 6.70. The van der Waals surface area contributed by atoms with Crippen molar-refractivity contribution >= 4 is 11.4 Å². The van der Waals surface area contributed by atoms with Gasteiger partial charge in [-0.25, -0.2) is 0 Å². The molecule has 1 N–H and O–H groups in total. The normalized spacial score (nSPS) is 16.4. The van der Waals surface area contributed by atoms with Crippen LogP contribution in [-0.2, 0) is 0 Å². The van der Waals surface area contributed by atoms with Gasteiger partial charge in [-0.15, -0.1) is 0 Å². The number of nitrogens with zero attached hydrogens (tertiary/aromatic N) is 2. The maximum atomic E-state index is 10.7. The van der Waals surface area contributed by atoms with Crippen molar-refractivity contribution in [1.29, 1.82) is 0 Å². The van der Waals surface area contributed by atoms with E-state index in [9.17, 15) is 10.1 Å². The molecule has 1 fully saturated rings. The Morgan fingerprint density at radius 3 is 2.74 bits per heavy atom. The molecule has 0 amide bonds. The zero-order valence-electron chi connectivity index (χ0n) is 11.7. The molecule has 1 aromatic rings. The van der Waals surface area contributed by atoms with Crippen LogP contribution in [0.1, 0.15) is 25.3 Å². The second-order valence-electron chi connectivity index (χ2n) is 5.38. The van der Waals surface area contributed by atoms with Gasteiger partial charge < -0.3 is 5.32 Å². The first-order valence-electron chi connectivity index (χ1n) is 6.70. The smallest absolute Gasteiger partial charge is 0.269 e. The summed E-state index contributed by atoms with van der Waals surface area (Å²) < 4.78 is 0. The van der Waals surface area contributed by atoms with Crippen LogP contribution in [0, 0.1) is 17.0 Å². The van der Waals surface area contributed by atoms with Crippen LogP contribution >= 0.6 is 0 Å². The lowest BCUT2D eigenvalue weighted by Gasteiger charge is -2.25. The Hall–Kier alpha value is -1.62. The third kappa shape index (κ3) is 3.44. The molecule has 0 bridgehead atoms. The number of rotatable bonds is 6. The van der Waals surface area contributed by atoms with Gasteiger partial charge in [0.2, 0.25) is 0 Å². The predicted octanol–water partition coefficient (Wildman–Crippen LogP) is 2.80. The van der Waals surface area contributed by atoms with E-state index < -0.39 is 0 Å². The van der Waals surface area contributed by atoms with Crippen molar-refractivity contribution in [1.82, 2.24) is 4.90 Å². The third-order valence-electron chi connectivity index (χ3n) is 3.83. The van der Waals surface area contributed by atoms with Crippen LogP contribution in [0.4, 0.5) is 11.4 Å². The largest absolute Gasteiger partial charge is 0.383 e. The molecule has 0 heterocycles. The number of aryl methyl sites for hydroxylation is 1. The van der Waals surface area contributed by atoms with E-state index in [0.717, 1.165) is 23.8 Å². The minimum absolute atomic E-state index is 0.145. The summed E-state index contributed by atoms with van der Waals surface area (Å²) in [7, 11) is 2.16. The van der Waals surface area contributed by atoms with Crippen molar-refractivity contribution in [2.24, 2.45) is 0 Å².